The molecule has 1 aromatic carbocycles. The van der Waals surface area contributed by atoms with Gasteiger partial charge in [0, 0.05) is 6.54 Å². The largest absolute Gasteiger partial charge is 0.493 e. The second-order valence-corrected chi connectivity index (χ2v) is 7.89. The van der Waals surface area contributed by atoms with Gasteiger partial charge in [-0.1, -0.05) is 103 Å². The molecule has 1 amide bonds. The van der Waals surface area contributed by atoms with Gasteiger partial charge in [-0.25, -0.2) is 0 Å². The minimum atomic E-state index is -0.0781. The van der Waals surface area contributed by atoms with Crippen molar-refractivity contribution in [1.82, 2.24) is 5.32 Å². The summed E-state index contributed by atoms with van der Waals surface area (Å²) in [5.74, 6) is 1.17. The number of amides is 1. The number of carbonyl (C=O) groups excluding carboxylic acids is 1. The number of methoxy groups -OCH3 is 1. The minimum Gasteiger partial charge on any atom is -0.493 e. The molecule has 0 unspecified atom stereocenters. The molecule has 0 aliphatic heterocycles. The van der Waals surface area contributed by atoms with Crippen molar-refractivity contribution in [2.75, 3.05) is 20.3 Å². The van der Waals surface area contributed by atoms with Gasteiger partial charge >= 0.3 is 0 Å². The first-order valence-corrected chi connectivity index (χ1v) is 11.8. The van der Waals surface area contributed by atoms with Crippen molar-refractivity contribution in [3.05, 3.63) is 24.3 Å². The molecule has 29 heavy (non-hydrogen) atoms. The second kappa shape index (κ2) is 18.3. The zero-order valence-corrected chi connectivity index (χ0v) is 18.8. The van der Waals surface area contributed by atoms with Crippen molar-refractivity contribution < 1.29 is 14.3 Å². The van der Waals surface area contributed by atoms with Gasteiger partial charge in [-0.3, -0.25) is 4.79 Å². The number of unbranched alkanes of at least 4 members (excludes halogenated alkanes) is 13. The van der Waals surface area contributed by atoms with E-state index in [4.69, 9.17) is 9.47 Å². The minimum absolute atomic E-state index is 0.0268. The molecule has 0 heterocycles. The molecule has 1 aromatic rings. The van der Waals surface area contributed by atoms with E-state index in [1.165, 1.54) is 83.5 Å². The third-order valence-corrected chi connectivity index (χ3v) is 5.28. The first-order valence-electron chi connectivity index (χ1n) is 11.8. The lowest BCUT2D eigenvalue weighted by Crippen LogP contribution is -2.29. The van der Waals surface area contributed by atoms with Gasteiger partial charge in [0.05, 0.1) is 7.11 Å². The van der Waals surface area contributed by atoms with Crippen molar-refractivity contribution >= 4 is 5.91 Å². The summed E-state index contributed by atoms with van der Waals surface area (Å²) < 4.78 is 10.7. The van der Waals surface area contributed by atoms with Gasteiger partial charge in [0.15, 0.2) is 18.1 Å². The molecule has 0 aliphatic rings. The Balaban J connectivity index is 1.85. The molecular weight excluding hydrogens is 362 g/mol. The maximum atomic E-state index is 11.9. The smallest absolute Gasteiger partial charge is 0.257 e. The van der Waals surface area contributed by atoms with Crippen molar-refractivity contribution in [2.45, 2.75) is 96.8 Å². The number of carbonyl (C=O) groups is 1. The molecule has 4 heteroatoms. The van der Waals surface area contributed by atoms with E-state index in [0.717, 1.165) is 13.0 Å². The molecule has 0 spiro atoms. The lowest BCUT2D eigenvalue weighted by Gasteiger charge is -2.10. The average Bonchev–Trinajstić information content (AvgIpc) is 2.75. The summed E-state index contributed by atoms with van der Waals surface area (Å²) in [6, 6.07) is 7.37. The topological polar surface area (TPSA) is 47.6 Å². The van der Waals surface area contributed by atoms with Crippen LogP contribution in [0.4, 0.5) is 0 Å². The Morgan fingerprint density at radius 3 is 1.76 bits per heavy atom. The van der Waals surface area contributed by atoms with E-state index < -0.39 is 0 Å². The van der Waals surface area contributed by atoms with Gasteiger partial charge in [-0.05, 0) is 18.6 Å². The zero-order chi connectivity index (χ0) is 21.0. The normalized spacial score (nSPS) is 10.7. The van der Waals surface area contributed by atoms with Crippen LogP contribution >= 0.6 is 0 Å². The van der Waals surface area contributed by atoms with Crippen LogP contribution < -0.4 is 14.8 Å². The molecule has 0 radical (unpaired) electrons. The highest BCUT2D eigenvalue weighted by atomic mass is 16.5. The van der Waals surface area contributed by atoms with Crippen molar-refractivity contribution in [3.63, 3.8) is 0 Å². The number of para-hydroxylation sites is 2. The lowest BCUT2D eigenvalue weighted by molar-refractivity contribution is -0.123. The van der Waals surface area contributed by atoms with E-state index in [0.29, 0.717) is 11.5 Å². The van der Waals surface area contributed by atoms with E-state index in [2.05, 4.69) is 12.2 Å². The average molecular weight is 406 g/mol. The maximum absolute atomic E-state index is 11.9. The van der Waals surface area contributed by atoms with Crippen LogP contribution in [0.5, 0.6) is 11.5 Å². The molecule has 0 aromatic heterocycles. The summed E-state index contributed by atoms with van der Waals surface area (Å²) in [5.41, 5.74) is 0. The van der Waals surface area contributed by atoms with Crippen molar-refractivity contribution in [3.8, 4) is 11.5 Å². The van der Waals surface area contributed by atoms with Gasteiger partial charge in [-0.2, -0.15) is 0 Å². The Hall–Kier alpha value is -1.71. The molecule has 1 rings (SSSR count). The van der Waals surface area contributed by atoms with Crippen LogP contribution in [0.25, 0.3) is 0 Å². The van der Waals surface area contributed by atoms with E-state index in [9.17, 15) is 4.79 Å². The second-order valence-electron chi connectivity index (χ2n) is 7.89. The Labute approximate surface area is 178 Å². The van der Waals surface area contributed by atoms with E-state index >= 15 is 0 Å². The molecule has 0 atom stereocenters. The summed E-state index contributed by atoms with van der Waals surface area (Å²) in [6.45, 7) is 3.03. The van der Waals surface area contributed by atoms with E-state index in [1.807, 2.05) is 18.2 Å². The molecule has 4 nitrogen and oxygen atoms in total. The molecule has 0 saturated heterocycles. The molecule has 1 N–H and O–H groups in total. The highest BCUT2D eigenvalue weighted by molar-refractivity contribution is 5.77. The lowest BCUT2D eigenvalue weighted by atomic mass is 10.0. The number of nitrogens with one attached hydrogen (secondary N) is 1. The standard InChI is InChI=1S/C25H43NO3/c1-3-4-5-6-7-8-9-10-11-12-13-14-15-18-21-26-25(27)22-29-24-20-17-16-19-23(24)28-2/h16-17,19-20H,3-15,18,21-22H2,1-2H3,(H,26,27). The number of benzene rings is 1. The van der Waals surface area contributed by atoms with Crippen LogP contribution in [0.15, 0.2) is 24.3 Å². The fraction of sp³-hybridized carbons (Fsp3) is 0.720. The van der Waals surface area contributed by atoms with Crippen molar-refractivity contribution in [1.29, 1.82) is 0 Å². The summed E-state index contributed by atoms with van der Waals surface area (Å²) in [4.78, 5) is 11.9. The summed E-state index contributed by atoms with van der Waals surface area (Å²) >= 11 is 0. The number of hydrogen-bond acceptors (Lipinski definition) is 3. The molecular formula is C25H43NO3. The highest BCUT2D eigenvalue weighted by Crippen LogP contribution is 2.25. The van der Waals surface area contributed by atoms with Gasteiger partial charge < -0.3 is 14.8 Å². The third-order valence-electron chi connectivity index (χ3n) is 5.28. The number of hydrogen-bond donors (Lipinski definition) is 1. The summed E-state index contributed by atoms with van der Waals surface area (Å²) in [6.07, 6.45) is 18.8. The fourth-order valence-corrected chi connectivity index (χ4v) is 3.48. The van der Waals surface area contributed by atoms with Crippen LogP contribution in [0.2, 0.25) is 0 Å². The van der Waals surface area contributed by atoms with Gasteiger partial charge in [0.1, 0.15) is 0 Å². The predicted octanol–water partition coefficient (Wildman–Crippen LogP) is 6.67. The Morgan fingerprint density at radius 1 is 0.759 bits per heavy atom. The van der Waals surface area contributed by atoms with E-state index in [1.54, 1.807) is 13.2 Å². The van der Waals surface area contributed by atoms with Gasteiger partial charge in [0.2, 0.25) is 0 Å². The predicted molar refractivity (Wildman–Crippen MR) is 122 cm³/mol. The Morgan fingerprint density at radius 2 is 1.24 bits per heavy atom. The van der Waals surface area contributed by atoms with Crippen LogP contribution in [0.3, 0.4) is 0 Å². The SMILES string of the molecule is CCCCCCCCCCCCCCCCNC(=O)COc1ccccc1OC. The van der Waals surface area contributed by atoms with E-state index in [-0.39, 0.29) is 12.5 Å². The first kappa shape index (κ1) is 25.3. The molecule has 0 saturated carbocycles. The molecule has 0 fully saturated rings. The number of ether oxygens (including phenoxy) is 2. The maximum Gasteiger partial charge on any atom is 0.257 e. The van der Waals surface area contributed by atoms with Crippen LogP contribution in [0.1, 0.15) is 96.8 Å². The van der Waals surface area contributed by atoms with Crippen LogP contribution in [0, 0.1) is 0 Å². The quantitative estimate of drug-likeness (QED) is 0.261. The van der Waals surface area contributed by atoms with Gasteiger partial charge in [0.25, 0.3) is 5.91 Å². The highest BCUT2D eigenvalue weighted by Gasteiger charge is 2.06. The zero-order valence-electron chi connectivity index (χ0n) is 18.8. The monoisotopic (exact) mass is 405 g/mol. The van der Waals surface area contributed by atoms with Gasteiger partial charge in [-0.15, -0.1) is 0 Å². The summed E-state index contributed by atoms with van der Waals surface area (Å²) in [5, 5.41) is 2.93. The third kappa shape index (κ3) is 14.0. The fourth-order valence-electron chi connectivity index (χ4n) is 3.48. The molecule has 0 bridgehead atoms. The van der Waals surface area contributed by atoms with Crippen molar-refractivity contribution in [2.24, 2.45) is 0 Å². The van der Waals surface area contributed by atoms with Crippen LogP contribution in [-0.2, 0) is 4.79 Å². The molecule has 0 aliphatic carbocycles. The Bertz CT molecular complexity index is 519. The Kier molecular flexibility index (Phi) is 16.0. The first-order chi connectivity index (χ1) is 14.3. The molecule has 166 valence electrons. The van der Waals surface area contributed by atoms with Crippen LogP contribution in [-0.4, -0.2) is 26.2 Å². The summed E-state index contributed by atoms with van der Waals surface area (Å²) in [7, 11) is 1.60. The number of rotatable bonds is 19.